The molecule has 4 N–H and O–H groups in total. The molecule has 0 aliphatic heterocycles. The van der Waals surface area contributed by atoms with Crippen LogP contribution in [0.2, 0.25) is 0 Å². The molecule has 0 spiro atoms. The van der Waals surface area contributed by atoms with Gasteiger partial charge in [0.05, 0.1) is 13.1 Å². The highest BCUT2D eigenvalue weighted by atomic mass is 79.9. The molecule has 0 radical (unpaired) electrons. The molecule has 1 aromatic rings. The number of amidine groups is 1. The van der Waals surface area contributed by atoms with E-state index in [1.54, 1.807) is 6.07 Å². The highest BCUT2D eigenvalue weighted by molar-refractivity contribution is 9.12. The van der Waals surface area contributed by atoms with Crippen LogP contribution in [0.3, 0.4) is 0 Å². The zero-order chi connectivity index (χ0) is 12.8. The summed E-state index contributed by atoms with van der Waals surface area (Å²) in [6, 6.07) is 1.76. The maximum absolute atomic E-state index is 11.7. The number of hydrogen-bond acceptors (Lipinski definition) is 4. The SMILES string of the molecule is N/C(CCCNC(=O)c1cc(Br)sc1Br)=N/O. The van der Waals surface area contributed by atoms with E-state index in [0.717, 1.165) is 7.57 Å². The normalized spacial score (nSPS) is 11.5. The van der Waals surface area contributed by atoms with Gasteiger partial charge in [-0.2, -0.15) is 0 Å². The molecule has 0 aliphatic carbocycles. The van der Waals surface area contributed by atoms with Gasteiger partial charge in [0, 0.05) is 13.0 Å². The van der Waals surface area contributed by atoms with Gasteiger partial charge in [-0.3, -0.25) is 4.79 Å². The standard InChI is InChI=1S/C9H11Br2N3O2S/c10-6-4-5(8(11)17-6)9(15)13-3-1-2-7(12)14-16/h4,16H,1-3H2,(H2,12,14)(H,13,15). The van der Waals surface area contributed by atoms with Crippen molar-refractivity contribution in [3.63, 3.8) is 0 Å². The molecule has 0 fully saturated rings. The molecule has 8 heteroatoms. The first-order valence-electron chi connectivity index (χ1n) is 4.74. The number of nitrogens with zero attached hydrogens (tertiary/aromatic N) is 1. The fourth-order valence-electron chi connectivity index (χ4n) is 1.11. The third kappa shape index (κ3) is 4.64. The molecule has 1 rings (SSSR count). The number of halogens is 2. The van der Waals surface area contributed by atoms with Crippen LogP contribution in [0.5, 0.6) is 0 Å². The number of rotatable bonds is 5. The Kier molecular flexibility index (Phi) is 5.93. The number of amides is 1. The molecule has 1 amide bonds. The van der Waals surface area contributed by atoms with Gasteiger partial charge in [0.2, 0.25) is 0 Å². The second-order valence-electron chi connectivity index (χ2n) is 3.19. The topological polar surface area (TPSA) is 87.7 Å². The number of nitrogens with two attached hydrogens (primary N) is 1. The molecule has 94 valence electrons. The van der Waals surface area contributed by atoms with Gasteiger partial charge in [-0.1, -0.05) is 5.16 Å². The van der Waals surface area contributed by atoms with Crippen LogP contribution in [0.25, 0.3) is 0 Å². The summed E-state index contributed by atoms with van der Waals surface area (Å²) in [6.45, 7) is 0.481. The molecular weight excluding hydrogens is 374 g/mol. The highest BCUT2D eigenvalue weighted by Crippen LogP contribution is 2.31. The molecule has 0 saturated carbocycles. The van der Waals surface area contributed by atoms with Crippen LogP contribution in [-0.4, -0.2) is 23.5 Å². The van der Waals surface area contributed by atoms with Crippen LogP contribution in [0.15, 0.2) is 18.8 Å². The van der Waals surface area contributed by atoms with Crippen molar-refractivity contribution in [3.8, 4) is 0 Å². The summed E-state index contributed by atoms with van der Waals surface area (Å²) in [4.78, 5) is 11.7. The van der Waals surface area contributed by atoms with E-state index >= 15 is 0 Å². The molecule has 0 aliphatic rings. The first-order chi connectivity index (χ1) is 8.04. The lowest BCUT2D eigenvalue weighted by Crippen LogP contribution is -2.25. The van der Waals surface area contributed by atoms with E-state index < -0.39 is 0 Å². The van der Waals surface area contributed by atoms with E-state index in [9.17, 15) is 4.79 Å². The highest BCUT2D eigenvalue weighted by Gasteiger charge is 2.12. The Morgan fingerprint density at radius 1 is 1.59 bits per heavy atom. The van der Waals surface area contributed by atoms with Gasteiger partial charge in [-0.15, -0.1) is 11.3 Å². The van der Waals surface area contributed by atoms with Gasteiger partial charge in [0.1, 0.15) is 5.84 Å². The Balaban J connectivity index is 2.38. The van der Waals surface area contributed by atoms with Gasteiger partial charge in [-0.05, 0) is 44.3 Å². The fourth-order valence-corrected chi connectivity index (χ4v) is 3.91. The lowest BCUT2D eigenvalue weighted by atomic mass is 10.2. The molecule has 0 aromatic carbocycles. The first kappa shape index (κ1) is 14.5. The minimum absolute atomic E-state index is 0.140. The maximum Gasteiger partial charge on any atom is 0.253 e. The summed E-state index contributed by atoms with van der Waals surface area (Å²) in [5.74, 6) is 0.0250. The molecule has 0 unspecified atom stereocenters. The average molecular weight is 385 g/mol. The van der Waals surface area contributed by atoms with Crippen molar-refractivity contribution in [1.29, 1.82) is 0 Å². The molecule has 0 bridgehead atoms. The third-order valence-corrected chi connectivity index (χ3v) is 4.26. The van der Waals surface area contributed by atoms with Crippen LogP contribution < -0.4 is 11.1 Å². The Labute approximate surface area is 119 Å². The summed E-state index contributed by atoms with van der Waals surface area (Å²) in [5.41, 5.74) is 5.91. The van der Waals surface area contributed by atoms with Crippen LogP contribution in [0, 0.1) is 0 Å². The molecule has 1 heterocycles. The van der Waals surface area contributed by atoms with Crippen molar-refractivity contribution in [1.82, 2.24) is 5.32 Å². The minimum Gasteiger partial charge on any atom is -0.409 e. The summed E-state index contributed by atoms with van der Waals surface area (Å²) in [5, 5.41) is 13.9. The molecule has 5 nitrogen and oxygen atoms in total. The largest absolute Gasteiger partial charge is 0.409 e. The van der Waals surface area contributed by atoms with Gasteiger partial charge >= 0.3 is 0 Å². The molecule has 17 heavy (non-hydrogen) atoms. The van der Waals surface area contributed by atoms with Crippen molar-refractivity contribution >= 4 is 54.9 Å². The lowest BCUT2D eigenvalue weighted by molar-refractivity contribution is 0.0953. The van der Waals surface area contributed by atoms with E-state index in [2.05, 4.69) is 42.3 Å². The summed E-state index contributed by atoms with van der Waals surface area (Å²) in [7, 11) is 0. The maximum atomic E-state index is 11.7. The fraction of sp³-hybridized carbons (Fsp3) is 0.333. The van der Waals surface area contributed by atoms with Crippen molar-refractivity contribution in [2.24, 2.45) is 10.9 Å². The van der Waals surface area contributed by atoms with E-state index in [4.69, 9.17) is 10.9 Å². The van der Waals surface area contributed by atoms with Crippen LogP contribution in [-0.2, 0) is 0 Å². The molecule has 0 saturated heterocycles. The van der Waals surface area contributed by atoms with Crippen LogP contribution in [0.4, 0.5) is 0 Å². The third-order valence-electron chi connectivity index (χ3n) is 1.93. The van der Waals surface area contributed by atoms with Crippen LogP contribution >= 0.6 is 43.2 Å². The lowest BCUT2D eigenvalue weighted by Gasteiger charge is -2.03. The number of oxime groups is 1. The monoisotopic (exact) mass is 383 g/mol. The number of carbonyl (C=O) groups excluding carboxylic acids is 1. The number of nitrogens with one attached hydrogen (secondary N) is 1. The summed E-state index contributed by atoms with van der Waals surface area (Å²) < 4.78 is 1.68. The quantitative estimate of drug-likeness (QED) is 0.239. The van der Waals surface area contributed by atoms with Crippen molar-refractivity contribution < 1.29 is 10.0 Å². The van der Waals surface area contributed by atoms with Gasteiger partial charge < -0.3 is 16.3 Å². The van der Waals surface area contributed by atoms with E-state index in [0.29, 0.717) is 24.9 Å². The van der Waals surface area contributed by atoms with E-state index in [1.807, 2.05) is 0 Å². The van der Waals surface area contributed by atoms with Crippen molar-refractivity contribution in [3.05, 3.63) is 19.2 Å². The first-order valence-corrected chi connectivity index (χ1v) is 7.14. The van der Waals surface area contributed by atoms with E-state index in [-0.39, 0.29) is 11.7 Å². The molecule has 0 atom stereocenters. The summed E-state index contributed by atoms with van der Waals surface area (Å²) >= 11 is 8.07. The van der Waals surface area contributed by atoms with E-state index in [1.165, 1.54) is 11.3 Å². The number of hydrogen-bond donors (Lipinski definition) is 3. The van der Waals surface area contributed by atoms with Gasteiger partial charge in [0.15, 0.2) is 0 Å². The average Bonchev–Trinajstić information content (AvgIpc) is 2.63. The van der Waals surface area contributed by atoms with Crippen molar-refractivity contribution in [2.75, 3.05) is 6.54 Å². The molecule has 1 aromatic heterocycles. The zero-order valence-corrected chi connectivity index (χ0v) is 12.7. The van der Waals surface area contributed by atoms with Crippen LogP contribution in [0.1, 0.15) is 23.2 Å². The predicted octanol–water partition coefficient (Wildman–Crippen LogP) is 2.53. The second-order valence-corrected chi connectivity index (χ2v) is 6.94. The second kappa shape index (κ2) is 6.97. The van der Waals surface area contributed by atoms with Gasteiger partial charge in [-0.25, -0.2) is 0 Å². The molecular formula is C9H11Br2N3O2S. The number of carbonyl (C=O) groups is 1. The number of thiophene rings is 1. The van der Waals surface area contributed by atoms with Crippen molar-refractivity contribution in [2.45, 2.75) is 12.8 Å². The zero-order valence-electron chi connectivity index (χ0n) is 8.74. The Bertz CT molecular complexity index is 434. The minimum atomic E-state index is -0.140. The summed E-state index contributed by atoms with van der Waals surface area (Å²) in [6.07, 6.45) is 1.08. The Hall–Kier alpha value is -0.600. The smallest absolute Gasteiger partial charge is 0.253 e. The Morgan fingerprint density at radius 3 is 2.82 bits per heavy atom. The van der Waals surface area contributed by atoms with Gasteiger partial charge in [0.25, 0.3) is 5.91 Å². The Morgan fingerprint density at radius 2 is 2.29 bits per heavy atom. The predicted molar refractivity (Wildman–Crippen MR) is 74.7 cm³/mol.